The normalized spacial score (nSPS) is 13.2. The molecule has 0 radical (unpaired) electrons. The third kappa shape index (κ3) is 7.38. The van der Waals surface area contributed by atoms with E-state index in [1.165, 1.54) is 14.2 Å². The van der Waals surface area contributed by atoms with Crippen molar-refractivity contribution in [3.8, 4) is 11.5 Å². The van der Waals surface area contributed by atoms with Gasteiger partial charge in [0.1, 0.15) is 0 Å². The van der Waals surface area contributed by atoms with Crippen LogP contribution in [0.4, 0.5) is 0 Å². The van der Waals surface area contributed by atoms with Gasteiger partial charge in [-0.05, 0) is 42.0 Å². The fourth-order valence-electron chi connectivity index (χ4n) is 5.12. The van der Waals surface area contributed by atoms with E-state index in [4.69, 9.17) is 14.6 Å². The summed E-state index contributed by atoms with van der Waals surface area (Å²) in [5.41, 5.74) is 1.89. The molecule has 0 aliphatic heterocycles. The molecule has 0 saturated heterocycles. The quantitative estimate of drug-likeness (QED) is 0.216. The average Bonchev–Trinajstić information content (AvgIpc) is 2.93. The lowest BCUT2D eigenvalue weighted by Gasteiger charge is -2.33. The standard InChI is InChI=1S/C31H38O6S/c1-23(14-8-4-5-13-19-29(32)33)31(38(34,35)26-20-21-27(36-2)28(22-26)37-3)30(24-15-9-6-10-16-24)25-17-11-7-12-18-25/h6-7,9-12,15-18,20-23,30-31H,4-5,8,13-14,19H2,1-3H3,(H,32,33). The van der Waals surface area contributed by atoms with Gasteiger partial charge in [0, 0.05) is 18.4 Å². The van der Waals surface area contributed by atoms with E-state index in [-0.39, 0.29) is 23.2 Å². The zero-order valence-electron chi connectivity index (χ0n) is 22.4. The van der Waals surface area contributed by atoms with Crippen LogP contribution < -0.4 is 9.47 Å². The highest BCUT2D eigenvalue weighted by atomic mass is 32.2. The Morgan fingerprint density at radius 3 is 1.87 bits per heavy atom. The SMILES string of the molecule is COc1ccc(S(=O)(=O)C(C(C)CCCCCCC(=O)O)C(c2ccccc2)c2ccccc2)cc1OC. The summed E-state index contributed by atoms with van der Waals surface area (Å²) in [5.74, 6) is -0.488. The van der Waals surface area contributed by atoms with E-state index in [1.807, 2.05) is 67.6 Å². The fourth-order valence-corrected chi connectivity index (χ4v) is 7.38. The van der Waals surface area contributed by atoms with Gasteiger partial charge in [0.05, 0.1) is 24.4 Å². The summed E-state index contributed by atoms with van der Waals surface area (Å²) >= 11 is 0. The molecule has 0 bridgehead atoms. The summed E-state index contributed by atoms with van der Waals surface area (Å²) in [6, 6.07) is 24.4. The van der Waals surface area contributed by atoms with Gasteiger partial charge in [0.2, 0.25) is 0 Å². The van der Waals surface area contributed by atoms with Crippen LogP contribution in [-0.2, 0) is 14.6 Å². The van der Waals surface area contributed by atoms with Crippen LogP contribution in [0.25, 0.3) is 0 Å². The zero-order chi connectivity index (χ0) is 27.5. The van der Waals surface area contributed by atoms with Crippen LogP contribution in [0.5, 0.6) is 11.5 Å². The molecule has 0 saturated carbocycles. The molecular weight excluding hydrogens is 500 g/mol. The molecule has 2 atom stereocenters. The summed E-state index contributed by atoms with van der Waals surface area (Å²) in [6.45, 7) is 2.01. The molecule has 0 amide bonds. The van der Waals surface area contributed by atoms with E-state index < -0.39 is 21.1 Å². The second kappa shape index (κ2) is 14.0. The molecule has 7 heteroatoms. The van der Waals surface area contributed by atoms with Crippen LogP contribution >= 0.6 is 0 Å². The monoisotopic (exact) mass is 538 g/mol. The molecule has 0 aliphatic carbocycles. The van der Waals surface area contributed by atoms with E-state index in [2.05, 4.69) is 0 Å². The summed E-state index contributed by atoms with van der Waals surface area (Å²) < 4.78 is 39.7. The van der Waals surface area contributed by atoms with Gasteiger partial charge in [-0.15, -0.1) is 0 Å². The van der Waals surface area contributed by atoms with Gasteiger partial charge in [-0.25, -0.2) is 8.42 Å². The number of carbonyl (C=O) groups is 1. The van der Waals surface area contributed by atoms with Crippen molar-refractivity contribution in [1.29, 1.82) is 0 Å². The molecule has 0 aliphatic rings. The van der Waals surface area contributed by atoms with E-state index in [0.717, 1.165) is 30.4 Å². The van der Waals surface area contributed by atoms with Crippen LogP contribution in [0, 0.1) is 5.92 Å². The summed E-state index contributed by atoms with van der Waals surface area (Å²) in [4.78, 5) is 11.0. The Bertz CT molecular complexity index is 1220. The minimum absolute atomic E-state index is 0.163. The third-order valence-corrected chi connectivity index (χ3v) is 9.41. The maximum atomic E-state index is 14.5. The number of hydrogen-bond acceptors (Lipinski definition) is 5. The first-order chi connectivity index (χ1) is 18.3. The number of sulfone groups is 1. The van der Waals surface area contributed by atoms with E-state index in [1.54, 1.807) is 18.2 Å². The topological polar surface area (TPSA) is 89.9 Å². The Morgan fingerprint density at radius 1 is 0.789 bits per heavy atom. The van der Waals surface area contributed by atoms with Gasteiger partial charge >= 0.3 is 5.97 Å². The lowest BCUT2D eigenvalue weighted by molar-refractivity contribution is -0.137. The Kier molecular flexibility index (Phi) is 10.8. The van der Waals surface area contributed by atoms with Crippen LogP contribution in [0.15, 0.2) is 83.8 Å². The largest absolute Gasteiger partial charge is 0.493 e. The Hall–Kier alpha value is -3.32. The molecule has 3 rings (SSSR count). The van der Waals surface area contributed by atoms with Crippen molar-refractivity contribution >= 4 is 15.8 Å². The summed E-state index contributed by atoms with van der Waals surface area (Å²) in [6.07, 6.45) is 4.01. The average molecular weight is 539 g/mol. The Balaban J connectivity index is 2.04. The van der Waals surface area contributed by atoms with Gasteiger partial charge in [-0.1, -0.05) is 86.8 Å². The van der Waals surface area contributed by atoms with Crippen molar-refractivity contribution in [3.05, 3.63) is 90.0 Å². The minimum atomic E-state index is -3.83. The minimum Gasteiger partial charge on any atom is -0.493 e. The molecular formula is C31H38O6S. The molecule has 6 nitrogen and oxygen atoms in total. The van der Waals surface area contributed by atoms with Crippen molar-refractivity contribution in [1.82, 2.24) is 0 Å². The molecule has 0 heterocycles. The molecule has 3 aromatic rings. The van der Waals surface area contributed by atoms with Crippen LogP contribution in [-0.4, -0.2) is 39.0 Å². The first kappa shape index (κ1) is 29.2. The highest BCUT2D eigenvalue weighted by molar-refractivity contribution is 7.92. The van der Waals surface area contributed by atoms with Crippen molar-refractivity contribution < 1.29 is 27.8 Å². The highest BCUT2D eigenvalue weighted by Gasteiger charge is 2.40. The fraction of sp³-hybridized carbons (Fsp3) is 0.387. The number of carboxylic acid groups (broad SMARTS) is 1. The lowest BCUT2D eigenvalue weighted by Crippen LogP contribution is -2.35. The molecule has 0 aromatic heterocycles. The van der Waals surface area contributed by atoms with Crippen molar-refractivity contribution in [3.63, 3.8) is 0 Å². The summed E-state index contributed by atoms with van der Waals surface area (Å²) in [5, 5.41) is 8.16. The smallest absolute Gasteiger partial charge is 0.303 e. The maximum absolute atomic E-state index is 14.5. The van der Waals surface area contributed by atoms with Gasteiger partial charge < -0.3 is 14.6 Å². The van der Waals surface area contributed by atoms with Crippen molar-refractivity contribution in [2.45, 2.75) is 61.5 Å². The molecule has 1 N–H and O–H groups in total. The second-order valence-electron chi connectivity index (χ2n) is 9.65. The van der Waals surface area contributed by atoms with Crippen LogP contribution in [0.1, 0.15) is 62.5 Å². The summed E-state index contributed by atoms with van der Waals surface area (Å²) in [7, 11) is -0.808. The molecule has 0 fully saturated rings. The first-order valence-corrected chi connectivity index (χ1v) is 14.6. The highest BCUT2D eigenvalue weighted by Crippen LogP contribution is 2.41. The maximum Gasteiger partial charge on any atom is 0.303 e. The molecule has 3 aromatic carbocycles. The molecule has 2 unspecified atom stereocenters. The second-order valence-corrected chi connectivity index (χ2v) is 11.8. The number of ether oxygens (including phenoxy) is 2. The third-order valence-electron chi connectivity index (χ3n) is 7.05. The van der Waals surface area contributed by atoms with Gasteiger partial charge in [0.25, 0.3) is 0 Å². The van der Waals surface area contributed by atoms with E-state index in [9.17, 15) is 13.2 Å². The number of methoxy groups -OCH3 is 2. The number of rotatable bonds is 15. The number of unbranched alkanes of at least 4 members (excludes halogenated alkanes) is 3. The van der Waals surface area contributed by atoms with E-state index in [0.29, 0.717) is 24.3 Å². The van der Waals surface area contributed by atoms with Gasteiger partial charge in [-0.2, -0.15) is 0 Å². The number of aliphatic carboxylic acids is 1. The predicted molar refractivity (Wildman–Crippen MR) is 150 cm³/mol. The first-order valence-electron chi connectivity index (χ1n) is 13.1. The Morgan fingerprint density at radius 2 is 1.34 bits per heavy atom. The van der Waals surface area contributed by atoms with Crippen molar-refractivity contribution in [2.24, 2.45) is 5.92 Å². The Labute approximate surface area is 226 Å². The molecule has 38 heavy (non-hydrogen) atoms. The zero-order valence-corrected chi connectivity index (χ0v) is 23.2. The predicted octanol–water partition coefficient (Wildman–Crippen LogP) is 6.74. The number of benzene rings is 3. The van der Waals surface area contributed by atoms with Gasteiger partial charge in [0.15, 0.2) is 21.3 Å². The number of hydrogen-bond donors (Lipinski definition) is 1. The molecule has 0 spiro atoms. The van der Waals surface area contributed by atoms with Crippen LogP contribution in [0.2, 0.25) is 0 Å². The lowest BCUT2D eigenvalue weighted by atomic mass is 9.82. The van der Waals surface area contributed by atoms with Crippen LogP contribution in [0.3, 0.4) is 0 Å². The molecule has 204 valence electrons. The van der Waals surface area contributed by atoms with Crippen molar-refractivity contribution in [2.75, 3.05) is 14.2 Å². The van der Waals surface area contributed by atoms with Gasteiger partial charge in [-0.3, -0.25) is 4.79 Å². The number of carboxylic acids is 1. The van der Waals surface area contributed by atoms with E-state index >= 15 is 0 Å².